The van der Waals surface area contributed by atoms with Crippen molar-refractivity contribution in [3.8, 4) is 0 Å². The normalized spacial score (nSPS) is 11.6. The molecule has 0 atom stereocenters. The number of nitro groups is 1. The number of ether oxygens (including phenoxy) is 1. The van der Waals surface area contributed by atoms with Crippen molar-refractivity contribution in [1.29, 1.82) is 0 Å². The number of thiazole rings is 1. The zero-order valence-electron chi connectivity index (χ0n) is 15.5. The highest BCUT2D eigenvalue weighted by Crippen LogP contribution is 2.24. The fourth-order valence-corrected chi connectivity index (χ4v) is 4.07. The number of fused-ring (bicyclic) bond motifs is 1. The average Bonchev–Trinajstić information content (AvgIpc) is 3.04. The minimum Gasteiger partial charge on any atom is -0.462 e. The molecule has 3 rings (SSSR count). The van der Waals surface area contributed by atoms with Crippen LogP contribution in [-0.4, -0.2) is 28.0 Å². The van der Waals surface area contributed by atoms with E-state index in [1.165, 1.54) is 23.5 Å². The van der Waals surface area contributed by atoms with Gasteiger partial charge in [0, 0.05) is 18.7 Å². The topological polar surface area (TPSA) is 104 Å². The molecular formula is C19H16ClN3O5S. The first kappa shape index (κ1) is 20.7. The van der Waals surface area contributed by atoms with E-state index >= 15 is 0 Å². The fourth-order valence-electron chi connectivity index (χ4n) is 2.74. The second-order valence-corrected chi connectivity index (χ2v) is 7.29. The minimum absolute atomic E-state index is 0.0480. The van der Waals surface area contributed by atoms with Gasteiger partial charge in [-0.05, 0) is 38.1 Å². The van der Waals surface area contributed by atoms with Gasteiger partial charge >= 0.3 is 5.97 Å². The number of non-ortho nitro benzene ring substituents is 1. The van der Waals surface area contributed by atoms with E-state index in [4.69, 9.17) is 16.3 Å². The van der Waals surface area contributed by atoms with Crippen molar-refractivity contribution in [2.45, 2.75) is 20.4 Å². The Morgan fingerprint density at radius 3 is 2.66 bits per heavy atom. The quantitative estimate of drug-likeness (QED) is 0.340. The van der Waals surface area contributed by atoms with E-state index in [9.17, 15) is 19.7 Å². The number of halogens is 1. The summed E-state index contributed by atoms with van der Waals surface area (Å²) in [7, 11) is 0. The van der Waals surface area contributed by atoms with Crippen molar-refractivity contribution < 1.29 is 19.2 Å². The summed E-state index contributed by atoms with van der Waals surface area (Å²) in [6.07, 6.45) is 0. The van der Waals surface area contributed by atoms with Crippen LogP contribution in [0, 0.1) is 10.1 Å². The van der Waals surface area contributed by atoms with Gasteiger partial charge in [0.2, 0.25) is 0 Å². The van der Waals surface area contributed by atoms with E-state index in [0.717, 1.165) is 16.3 Å². The van der Waals surface area contributed by atoms with Gasteiger partial charge in [-0.25, -0.2) is 4.79 Å². The summed E-state index contributed by atoms with van der Waals surface area (Å²) >= 11 is 7.27. The highest BCUT2D eigenvalue weighted by molar-refractivity contribution is 7.16. The SMILES string of the molecule is CCOC(=O)c1ccc2c(c1)sc(=NC(=O)c1cc([N+](=O)[O-])ccc1Cl)n2CC. The third-order valence-corrected chi connectivity index (χ3v) is 5.47. The predicted octanol–water partition coefficient (Wildman–Crippen LogP) is 4.20. The monoisotopic (exact) mass is 433 g/mol. The van der Waals surface area contributed by atoms with E-state index in [1.807, 2.05) is 11.5 Å². The molecule has 0 fully saturated rings. The Bertz CT molecular complexity index is 1200. The second kappa shape index (κ2) is 8.54. The summed E-state index contributed by atoms with van der Waals surface area (Å²) in [6, 6.07) is 8.74. The number of aromatic nitrogens is 1. The number of carbonyl (C=O) groups excluding carboxylic acids is 2. The fraction of sp³-hybridized carbons (Fsp3) is 0.211. The van der Waals surface area contributed by atoms with Gasteiger partial charge in [0.05, 0.1) is 37.9 Å². The minimum atomic E-state index is -0.682. The Labute approximate surface area is 174 Å². The van der Waals surface area contributed by atoms with Crippen LogP contribution in [0.2, 0.25) is 5.02 Å². The summed E-state index contributed by atoms with van der Waals surface area (Å²) < 4.78 is 7.59. The number of esters is 1. The zero-order chi connectivity index (χ0) is 21.1. The number of aryl methyl sites for hydroxylation is 1. The van der Waals surface area contributed by atoms with Gasteiger partial charge < -0.3 is 9.30 Å². The Morgan fingerprint density at radius 1 is 1.24 bits per heavy atom. The van der Waals surface area contributed by atoms with Crippen LogP contribution < -0.4 is 4.80 Å². The van der Waals surface area contributed by atoms with Gasteiger partial charge in [-0.2, -0.15) is 4.99 Å². The average molecular weight is 434 g/mol. The van der Waals surface area contributed by atoms with Crippen molar-refractivity contribution in [3.05, 3.63) is 67.5 Å². The molecule has 0 unspecified atom stereocenters. The molecule has 8 nitrogen and oxygen atoms in total. The van der Waals surface area contributed by atoms with E-state index in [-0.39, 0.29) is 22.9 Å². The second-order valence-electron chi connectivity index (χ2n) is 5.87. The number of benzene rings is 2. The van der Waals surface area contributed by atoms with E-state index < -0.39 is 16.8 Å². The van der Waals surface area contributed by atoms with Crippen molar-refractivity contribution >= 4 is 50.7 Å². The van der Waals surface area contributed by atoms with E-state index in [0.29, 0.717) is 16.9 Å². The standard InChI is InChI=1S/C19H16ClN3O5S/c1-3-22-15-8-5-11(18(25)28-4-2)9-16(15)29-19(22)21-17(24)13-10-12(23(26)27)6-7-14(13)20/h5-10H,3-4H2,1-2H3. The number of hydrogen-bond acceptors (Lipinski definition) is 6. The van der Waals surface area contributed by atoms with Gasteiger partial charge in [-0.1, -0.05) is 22.9 Å². The maximum absolute atomic E-state index is 12.7. The smallest absolute Gasteiger partial charge is 0.338 e. The van der Waals surface area contributed by atoms with Crippen LogP contribution >= 0.6 is 22.9 Å². The number of nitrogens with zero attached hydrogens (tertiary/aromatic N) is 3. The molecule has 10 heteroatoms. The van der Waals surface area contributed by atoms with Gasteiger partial charge in [0.1, 0.15) is 0 Å². The summed E-state index contributed by atoms with van der Waals surface area (Å²) in [5.41, 5.74) is 0.922. The van der Waals surface area contributed by atoms with Crippen molar-refractivity contribution in [3.63, 3.8) is 0 Å². The third-order valence-electron chi connectivity index (χ3n) is 4.10. The molecule has 0 aliphatic heterocycles. The number of rotatable bonds is 5. The van der Waals surface area contributed by atoms with Crippen molar-refractivity contribution in [2.75, 3.05) is 6.61 Å². The van der Waals surface area contributed by atoms with Crippen LogP contribution in [0.15, 0.2) is 41.4 Å². The number of amides is 1. The summed E-state index contributed by atoms with van der Waals surface area (Å²) in [6.45, 7) is 4.44. The molecule has 1 heterocycles. The first-order chi connectivity index (χ1) is 13.8. The maximum atomic E-state index is 12.7. The molecule has 0 aliphatic rings. The maximum Gasteiger partial charge on any atom is 0.338 e. The molecule has 0 N–H and O–H groups in total. The molecule has 0 radical (unpaired) electrons. The Hall–Kier alpha value is -3.04. The van der Waals surface area contributed by atoms with Crippen LogP contribution in [0.1, 0.15) is 34.6 Å². The molecule has 150 valence electrons. The molecule has 2 aromatic carbocycles. The highest BCUT2D eigenvalue weighted by atomic mass is 35.5. The van der Waals surface area contributed by atoms with E-state index in [1.54, 1.807) is 25.1 Å². The van der Waals surface area contributed by atoms with Crippen molar-refractivity contribution in [2.24, 2.45) is 4.99 Å². The van der Waals surface area contributed by atoms with Crippen molar-refractivity contribution in [1.82, 2.24) is 4.57 Å². The van der Waals surface area contributed by atoms with Crippen LogP contribution in [0.5, 0.6) is 0 Å². The van der Waals surface area contributed by atoms with Gasteiger partial charge in [0.15, 0.2) is 4.80 Å². The molecule has 3 aromatic rings. The lowest BCUT2D eigenvalue weighted by atomic mass is 10.2. The summed E-state index contributed by atoms with van der Waals surface area (Å²) in [5.74, 6) is -1.11. The van der Waals surface area contributed by atoms with Crippen LogP contribution in [0.25, 0.3) is 10.2 Å². The Kier molecular flexibility index (Phi) is 6.09. The highest BCUT2D eigenvalue weighted by Gasteiger charge is 2.17. The predicted molar refractivity (Wildman–Crippen MR) is 109 cm³/mol. The molecule has 0 bridgehead atoms. The van der Waals surface area contributed by atoms with Crippen LogP contribution in [-0.2, 0) is 11.3 Å². The van der Waals surface area contributed by atoms with Crippen LogP contribution in [0.3, 0.4) is 0 Å². The number of nitro benzene ring substituents is 1. The summed E-state index contributed by atoms with van der Waals surface area (Å²) in [5, 5.41) is 11.1. The molecule has 0 saturated carbocycles. The Balaban J connectivity index is 2.10. The number of hydrogen-bond donors (Lipinski definition) is 0. The van der Waals surface area contributed by atoms with E-state index in [2.05, 4.69) is 4.99 Å². The van der Waals surface area contributed by atoms with Gasteiger partial charge in [-0.3, -0.25) is 14.9 Å². The molecule has 0 saturated heterocycles. The number of carbonyl (C=O) groups is 2. The van der Waals surface area contributed by atoms with Gasteiger partial charge in [0.25, 0.3) is 11.6 Å². The lowest BCUT2D eigenvalue weighted by Gasteiger charge is -2.03. The molecule has 0 spiro atoms. The molecule has 29 heavy (non-hydrogen) atoms. The molecular weight excluding hydrogens is 418 g/mol. The van der Waals surface area contributed by atoms with Crippen LogP contribution in [0.4, 0.5) is 5.69 Å². The summed E-state index contributed by atoms with van der Waals surface area (Å²) in [4.78, 5) is 39.5. The zero-order valence-corrected chi connectivity index (χ0v) is 17.1. The first-order valence-corrected chi connectivity index (χ1v) is 9.88. The largest absolute Gasteiger partial charge is 0.462 e. The molecule has 1 aromatic heterocycles. The molecule has 0 aliphatic carbocycles. The Morgan fingerprint density at radius 2 is 2.00 bits per heavy atom. The lowest BCUT2D eigenvalue weighted by Crippen LogP contribution is -2.16. The molecule has 1 amide bonds. The van der Waals surface area contributed by atoms with Gasteiger partial charge in [-0.15, -0.1) is 0 Å². The third kappa shape index (κ3) is 4.20. The first-order valence-electron chi connectivity index (χ1n) is 8.69. The lowest BCUT2D eigenvalue weighted by molar-refractivity contribution is -0.384.